The van der Waals surface area contributed by atoms with Crippen LogP contribution >= 0.6 is 0 Å². The van der Waals surface area contributed by atoms with Crippen LogP contribution in [0.1, 0.15) is 12.8 Å². The first-order valence-corrected chi connectivity index (χ1v) is 2.11. The Bertz CT molecular complexity index is 72.0. The van der Waals surface area contributed by atoms with Crippen molar-refractivity contribution in [3.63, 3.8) is 0 Å². The lowest BCUT2D eigenvalue weighted by Crippen LogP contribution is -2.22. The molecule has 0 amide bonds. The molecule has 6 heavy (non-hydrogen) atoms. The Labute approximate surface area is 37.3 Å². The van der Waals surface area contributed by atoms with Gasteiger partial charge in [-0.2, -0.15) is 0 Å². The van der Waals surface area contributed by atoms with Crippen LogP contribution < -0.4 is 5.11 Å². The Morgan fingerprint density at radius 2 is 2.17 bits per heavy atom. The molecule has 0 aromatic heterocycles. The first kappa shape index (κ1) is 3.88. The summed E-state index contributed by atoms with van der Waals surface area (Å²) < 4.78 is 0. The zero-order valence-corrected chi connectivity index (χ0v) is 3.61. The topological polar surface area (TPSA) is 23.1 Å². The third kappa shape index (κ3) is 0.455. The number of hydrogen-bond acceptors (Lipinski definition) is 1. The van der Waals surface area contributed by atoms with E-state index in [0.29, 0.717) is 0 Å². The van der Waals surface area contributed by atoms with Crippen LogP contribution in [0.4, 0.5) is 0 Å². The molecule has 34 valence electrons. The zero-order chi connectivity index (χ0) is 4.62. The number of rotatable bonds is 1. The summed E-state index contributed by atoms with van der Waals surface area (Å²) >= 11 is 0. The van der Waals surface area contributed by atoms with Crippen molar-refractivity contribution in [2.45, 2.75) is 18.4 Å². The summed E-state index contributed by atoms with van der Waals surface area (Å²) in [6, 6.07) is 0. The minimum absolute atomic E-state index is 0.694. The molecule has 0 spiro atoms. The van der Waals surface area contributed by atoms with E-state index in [1.54, 1.807) is 0 Å². The van der Waals surface area contributed by atoms with Crippen LogP contribution in [0.2, 0.25) is 0 Å². The third-order valence-corrected chi connectivity index (χ3v) is 1.11. The molecule has 1 heteroatoms. The molecule has 1 fully saturated rings. The maximum Gasteiger partial charge on any atom is -0.0600 e. The molecule has 0 unspecified atom stereocenters. The highest BCUT2D eigenvalue weighted by atomic mass is 16.3. The molecule has 1 nitrogen and oxygen atoms in total. The van der Waals surface area contributed by atoms with Crippen LogP contribution in [0.3, 0.4) is 0 Å². The van der Waals surface area contributed by atoms with Gasteiger partial charge < -0.3 is 5.11 Å². The number of hydrogen-bond donors (Lipinski definition) is 0. The highest BCUT2D eigenvalue weighted by Gasteiger charge is 2.24. The Balaban J connectivity index is 2.47. The molecule has 0 aromatic rings. The van der Waals surface area contributed by atoms with E-state index in [1.165, 1.54) is 6.08 Å². The van der Waals surface area contributed by atoms with Crippen LogP contribution in [-0.2, 0) is 0 Å². The van der Waals surface area contributed by atoms with Gasteiger partial charge in [-0.1, -0.05) is 18.4 Å². The van der Waals surface area contributed by atoms with E-state index in [4.69, 9.17) is 0 Å². The average Bonchev–Trinajstić information content (AvgIpc) is 2.22. The Morgan fingerprint density at radius 3 is 2.17 bits per heavy atom. The average molecular weight is 83.1 g/mol. The highest BCUT2D eigenvalue weighted by molar-refractivity contribution is 5.05. The Kier molecular flexibility index (Phi) is 0.549. The van der Waals surface area contributed by atoms with E-state index in [0.717, 1.165) is 12.8 Å². The lowest BCUT2D eigenvalue weighted by molar-refractivity contribution is -0.420. The van der Waals surface area contributed by atoms with Crippen LogP contribution in [0.5, 0.6) is 0 Å². The molecule has 0 bridgehead atoms. The van der Waals surface area contributed by atoms with Gasteiger partial charge in [0.1, 0.15) is 0 Å². The predicted octanol–water partition coefficient (Wildman–Crippen LogP) is 0.0653. The van der Waals surface area contributed by atoms with Crippen LogP contribution in [-0.4, -0.2) is 5.60 Å². The molecule has 1 saturated carbocycles. The molecule has 1 rings (SSSR count). The maximum absolute atomic E-state index is 10.5. The van der Waals surface area contributed by atoms with Gasteiger partial charge in [-0.25, -0.2) is 0 Å². The molecule has 1 aliphatic rings. The quantitative estimate of drug-likeness (QED) is 0.411. The van der Waals surface area contributed by atoms with E-state index < -0.39 is 5.60 Å². The molecule has 0 aliphatic heterocycles. The smallest absolute Gasteiger partial charge is 0.0600 e. The SMILES string of the molecule is C=CC1([O-])CC1. The van der Waals surface area contributed by atoms with E-state index in [9.17, 15) is 5.11 Å². The summed E-state index contributed by atoms with van der Waals surface area (Å²) in [6.07, 6.45) is 3.10. The van der Waals surface area contributed by atoms with Crippen LogP contribution in [0.25, 0.3) is 0 Å². The van der Waals surface area contributed by atoms with E-state index >= 15 is 0 Å². The Hall–Kier alpha value is -0.300. The van der Waals surface area contributed by atoms with Gasteiger partial charge in [-0.15, -0.1) is 12.7 Å². The van der Waals surface area contributed by atoms with Gasteiger partial charge in [0, 0.05) is 0 Å². The van der Waals surface area contributed by atoms with Crippen molar-refractivity contribution in [1.29, 1.82) is 0 Å². The van der Waals surface area contributed by atoms with Crippen LogP contribution in [0, 0.1) is 0 Å². The van der Waals surface area contributed by atoms with Gasteiger partial charge in [0.2, 0.25) is 0 Å². The molecule has 0 N–H and O–H groups in total. The molecule has 0 atom stereocenters. The van der Waals surface area contributed by atoms with E-state index in [1.807, 2.05) is 0 Å². The van der Waals surface area contributed by atoms with Gasteiger partial charge in [-0.05, 0) is 0 Å². The van der Waals surface area contributed by atoms with Crippen molar-refractivity contribution in [3.05, 3.63) is 12.7 Å². The summed E-state index contributed by atoms with van der Waals surface area (Å²) in [4.78, 5) is 0. The van der Waals surface area contributed by atoms with Gasteiger partial charge in [-0.3, -0.25) is 0 Å². The fourth-order valence-corrected chi connectivity index (χ4v) is 0.327. The monoisotopic (exact) mass is 83.1 g/mol. The molecule has 1 aliphatic carbocycles. The van der Waals surface area contributed by atoms with Crippen molar-refractivity contribution in [3.8, 4) is 0 Å². The summed E-state index contributed by atoms with van der Waals surface area (Å²) in [6.45, 7) is 3.38. The minimum Gasteiger partial charge on any atom is -0.846 e. The molecule has 0 heterocycles. The molecule has 0 saturated heterocycles. The summed E-state index contributed by atoms with van der Waals surface area (Å²) in [5, 5.41) is 10.5. The Morgan fingerprint density at radius 1 is 1.67 bits per heavy atom. The van der Waals surface area contributed by atoms with Gasteiger partial charge in [0.05, 0.1) is 0 Å². The first-order chi connectivity index (χ1) is 2.77. The van der Waals surface area contributed by atoms with Crippen molar-refractivity contribution >= 4 is 0 Å². The van der Waals surface area contributed by atoms with Gasteiger partial charge in [0.25, 0.3) is 0 Å². The predicted molar refractivity (Wildman–Crippen MR) is 22.2 cm³/mol. The summed E-state index contributed by atoms with van der Waals surface area (Å²) in [5.74, 6) is 0. The summed E-state index contributed by atoms with van der Waals surface area (Å²) in [7, 11) is 0. The lowest BCUT2D eigenvalue weighted by Gasteiger charge is -2.11. The van der Waals surface area contributed by atoms with Crippen molar-refractivity contribution in [2.24, 2.45) is 0 Å². The molecule has 0 aromatic carbocycles. The summed E-state index contributed by atoms with van der Waals surface area (Å²) in [5.41, 5.74) is -0.694. The largest absolute Gasteiger partial charge is 0.846 e. The van der Waals surface area contributed by atoms with E-state index in [2.05, 4.69) is 6.58 Å². The molecular formula is C5H7O-. The minimum atomic E-state index is -0.694. The second-order valence-corrected chi connectivity index (χ2v) is 1.77. The van der Waals surface area contributed by atoms with Crippen molar-refractivity contribution < 1.29 is 5.11 Å². The molecule has 0 radical (unpaired) electrons. The van der Waals surface area contributed by atoms with Crippen molar-refractivity contribution in [2.75, 3.05) is 0 Å². The molecular weight excluding hydrogens is 76.1 g/mol. The fourth-order valence-electron chi connectivity index (χ4n) is 0.327. The highest BCUT2D eigenvalue weighted by Crippen LogP contribution is 2.31. The lowest BCUT2D eigenvalue weighted by atomic mass is 10.3. The first-order valence-electron chi connectivity index (χ1n) is 2.11. The fraction of sp³-hybridized carbons (Fsp3) is 0.600. The van der Waals surface area contributed by atoms with E-state index in [-0.39, 0.29) is 0 Å². The van der Waals surface area contributed by atoms with Crippen molar-refractivity contribution in [1.82, 2.24) is 0 Å². The van der Waals surface area contributed by atoms with Gasteiger partial charge >= 0.3 is 0 Å². The van der Waals surface area contributed by atoms with Crippen LogP contribution in [0.15, 0.2) is 12.7 Å². The second kappa shape index (κ2) is 0.850. The third-order valence-electron chi connectivity index (χ3n) is 1.11. The normalized spacial score (nSPS) is 26.2. The van der Waals surface area contributed by atoms with Gasteiger partial charge in [0.15, 0.2) is 0 Å². The second-order valence-electron chi connectivity index (χ2n) is 1.77. The zero-order valence-electron chi connectivity index (χ0n) is 3.61. The maximum atomic E-state index is 10.5. The standard InChI is InChI=1S/C5H7O/c1-2-5(6)3-4-5/h2H,1,3-4H2/q-1.